The van der Waals surface area contributed by atoms with Gasteiger partial charge in [0.25, 0.3) is 0 Å². The number of benzene rings is 8. The molecule has 0 unspecified atom stereocenters. The lowest BCUT2D eigenvalue weighted by atomic mass is 9.97. The van der Waals surface area contributed by atoms with Gasteiger partial charge in [-0.15, -0.1) is 0 Å². The van der Waals surface area contributed by atoms with Gasteiger partial charge < -0.3 is 9.32 Å². The van der Waals surface area contributed by atoms with Crippen molar-refractivity contribution in [3.8, 4) is 44.7 Å². The van der Waals surface area contributed by atoms with Crippen molar-refractivity contribution < 1.29 is 4.42 Å². The molecule has 1 heterocycles. The number of fused-ring (bicyclic) bond motifs is 2. The van der Waals surface area contributed by atoms with Crippen molar-refractivity contribution in [1.29, 1.82) is 0 Å². The maximum absolute atomic E-state index is 6.59. The zero-order valence-corrected chi connectivity index (χ0v) is 27.4. The molecule has 0 aliphatic heterocycles. The van der Waals surface area contributed by atoms with E-state index in [2.05, 4.69) is 193 Å². The van der Waals surface area contributed by atoms with Crippen LogP contribution in [0.15, 0.2) is 205 Å². The summed E-state index contributed by atoms with van der Waals surface area (Å²) in [5.74, 6) is 0.869. The molecule has 236 valence electrons. The zero-order valence-electron chi connectivity index (χ0n) is 27.4. The van der Waals surface area contributed by atoms with Crippen molar-refractivity contribution in [3.63, 3.8) is 0 Å². The second kappa shape index (κ2) is 12.8. The smallest absolute Gasteiger partial charge is 0.143 e. The molecule has 0 atom stereocenters. The Kier molecular flexibility index (Phi) is 7.53. The average molecular weight is 640 g/mol. The number of hydrogen-bond donors (Lipinski definition) is 0. The Hall–Kier alpha value is -6.64. The van der Waals surface area contributed by atoms with Crippen molar-refractivity contribution in [2.24, 2.45) is 0 Å². The Morgan fingerprint density at radius 2 is 0.880 bits per heavy atom. The van der Waals surface area contributed by atoms with Crippen LogP contribution in [0.2, 0.25) is 0 Å². The zero-order chi connectivity index (χ0) is 33.3. The summed E-state index contributed by atoms with van der Waals surface area (Å²) in [4.78, 5) is 2.31. The molecule has 8 aromatic carbocycles. The normalized spacial score (nSPS) is 11.2. The first-order chi connectivity index (χ1) is 24.8. The van der Waals surface area contributed by atoms with Gasteiger partial charge in [0.15, 0.2) is 0 Å². The van der Waals surface area contributed by atoms with E-state index in [9.17, 15) is 0 Å². The van der Waals surface area contributed by atoms with Gasteiger partial charge >= 0.3 is 0 Å². The molecule has 0 spiro atoms. The molecule has 2 heteroatoms. The van der Waals surface area contributed by atoms with Crippen LogP contribution in [0.4, 0.5) is 17.1 Å². The number of nitrogens with zero attached hydrogens (tertiary/aromatic N) is 1. The molecule has 9 rings (SSSR count). The molecule has 0 saturated heterocycles. The van der Waals surface area contributed by atoms with E-state index in [0.717, 1.165) is 50.5 Å². The third kappa shape index (κ3) is 5.53. The molecule has 0 aliphatic rings. The summed E-state index contributed by atoms with van der Waals surface area (Å²) in [6.45, 7) is 0. The monoisotopic (exact) mass is 639 g/mol. The molecule has 0 N–H and O–H groups in total. The van der Waals surface area contributed by atoms with Crippen LogP contribution in [0.5, 0.6) is 0 Å². The minimum absolute atomic E-state index is 0.869. The maximum atomic E-state index is 6.59. The average Bonchev–Trinajstić information content (AvgIpc) is 3.59. The standard InChI is InChI=1S/C48H33NO/c1-3-14-36(15-4-1)47-45-23-9-10-24-46(45)50-48(47)41-19-12-22-44(33-41)49(42-20-5-2-6-21-42)43-29-27-35(28-30-43)38-17-11-18-39(31-38)40-26-25-34-13-7-8-16-37(34)32-40/h1-33H. The third-order valence-corrected chi connectivity index (χ3v) is 9.44. The Morgan fingerprint density at radius 1 is 0.320 bits per heavy atom. The Morgan fingerprint density at radius 3 is 1.70 bits per heavy atom. The van der Waals surface area contributed by atoms with E-state index in [-0.39, 0.29) is 0 Å². The quantitative estimate of drug-likeness (QED) is 0.173. The first-order valence-corrected chi connectivity index (χ1v) is 17.0. The number of anilines is 3. The molecular weight excluding hydrogens is 607 g/mol. The lowest BCUT2D eigenvalue weighted by Crippen LogP contribution is -2.09. The first-order valence-electron chi connectivity index (χ1n) is 17.0. The molecule has 0 amide bonds. The van der Waals surface area contributed by atoms with Crippen LogP contribution in [0.25, 0.3) is 66.4 Å². The molecule has 0 saturated carbocycles. The molecule has 1 aromatic heterocycles. The van der Waals surface area contributed by atoms with Gasteiger partial charge in [-0.2, -0.15) is 0 Å². The fraction of sp³-hybridized carbons (Fsp3) is 0. The maximum Gasteiger partial charge on any atom is 0.143 e. The summed E-state index contributed by atoms with van der Waals surface area (Å²) < 4.78 is 6.59. The van der Waals surface area contributed by atoms with Crippen LogP contribution >= 0.6 is 0 Å². The predicted molar refractivity (Wildman–Crippen MR) is 210 cm³/mol. The van der Waals surface area contributed by atoms with Gasteiger partial charge in [-0.1, -0.05) is 146 Å². The number of para-hydroxylation sites is 2. The SMILES string of the molecule is c1ccc(-c2c(-c3cccc(N(c4ccccc4)c4ccc(-c5cccc(-c6ccc7ccccc7c6)c5)cc4)c3)oc3ccccc23)cc1. The topological polar surface area (TPSA) is 16.4 Å². The molecule has 0 fully saturated rings. The Labute approximate surface area is 292 Å². The lowest BCUT2D eigenvalue weighted by Gasteiger charge is -2.26. The van der Waals surface area contributed by atoms with Gasteiger partial charge in [0.1, 0.15) is 11.3 Å². The fourth-order valence-electron chi connectivity index (χ4n) is 7.00. The lowest BCUT2D eigenvalue weighted by molar-refractivity contribution is 0.632. The van der Waals surface area contributed by atoms with Gasteiger partial charge in [0.05, 0.1) is 0 Å². The van der Waals surface area contributed by atoms with E-state index < -0.39 is 0 Å². The van der Waals surface area contributed by atoms with Crippen molar-refractivity contribution in [2.75, 3.05) is 4.90 Å². The van der Waals surface area contributed by atoms with E-state index >= 15 is 0 Å². The van der Waals surface area contributed by atoms with Crippen molar-refractivity contribution in [1.82, 2.24) is 0 Å². The summed E-state index contributed by atoms with van der Waals surface area (Å²) in [7, 11) is 0. The third-order valence-electron chi connectivity index (χ3n) is 9.44. The van der Waals surface area contributed by atoms with Gasteiger partial charge in [-0.3, -0.25) is 0 Å². The number of hydrogen-bond acceptors (Lipinski definition) is 2. The summed E-state index contributed by atoms with van der Waals surface area (Å²) >= 11 is 0. The second-order valence-electron chi connectivity index (χ2n) is 12.6. The summed E-state index contributed by atoms with van der Waals surface area (Å²) in [5, 5.41) is 3.62. The minimum Gasteiger partial charge on any atom is -0.455 e. The van der Waals surface area contributed by atoms with E-state index in [1.165, 1.54) is 33.0 Å². The molecule has 0 aliphatic carbocycles. The van der Waals surface area contributed by atoms with E-state index in [4.69, 9.17) is 4.42 Å². The molecular formula is C48H33NO. The molecule has 0 bridgehead atoms. The fourth-order valence-corrected chi connectivity index (χ4v) is 7.00. The van der Waals surface area contributed by atoms with Crippen molar-refractivity contribution in [3.05, 3.63) is 200 Å². The van der Waals surface area contributed by atoms with Gasteiger partial charge in [0, 0.05) is 33.6 Å². The van der Waals surface area contributed by atoms with Gasteiger partial charge in [-0.05, 0) is 93.2 Å². The predicted octanol–water partition coefficient (Wildman–Crippen LogP) is 13.7. The van der Waals surface area contributed by atoms with Crippen LogP contribution in [-0.2, 0) is 0 Å². The summed E-state index contributed by atoms with van der Waals surface area (Å²) in [5.41, 5.74) is 12.2. The van der Waals surface area contributed by atoms with Gasteiger partial charge in [-0.25, -0.2) is 0 Å². The molecule has 50 heavy (non-hydrogen) atoms. The highest BCUT2D eigenvalue weighted by Crippen LogP contribution is 2.43. The highest BCUT2D eigenvalue weighted by molar-refractivity contribution is 6.02. The van der Waals surface area contributed by atoms with Crippen LogP contribution in [-0.4, -0.2) is 0 Å². The molecule has 2 nitrogen and oxygen atoms in total. The van der Waals surface area contributed by atoms with Crippen LogP contribution in [0.3, 0.4) is 0 Å². The Bertz CT molecular complexity index is 2580. The summed E-state index contributed by atoms with van der Waals surface area (Å²) in [6, 6.07) is 70.9. The molecule has 0 radical (unpaired) electrons. The Balaban J connectivity index is 1.10. The van der Waals surface area contributed by atoms with Crippen LogP contribution < -0.4 is 4.90 Å². The highest BCUT2D eigenvalue weighted by Gasteiger charge is 2.20. The van der Waals surface area contributed by atoms with E-state index in [1.54, 1.807) is 0 Å². The van der Waals surface area contributed by atoms with E-state index in [1.807, 2.05) is 12.1 Å². The number of furan rings is 1. The summed E-state index contributed by atoms with van der Waals surface area (Å²) in [6.07, 6.45) is 0. The highest BCUT2D eigenvalue weighted by atomic mass is 16.3. The van der Waals surface area contributed by atoms with Crippen LogP contribution in [0, 0.1) is 0 Å². The largest absolute Gasteiger partial charge is 0.455 e. The van der Waals surface area contributed by atoms with Gasteiger partial charge in [0.2, 0.25) is 0 Å². The second-order valence-corrected chi connectivity index (χ2v) is 12.6. The first kappa shape index (κ1) is 29.5. The minimum atomic E-state index is 0.869. The number of rotatable bonds is 7. The van der Waals surface area contributed by atoms with E-state index in [0.29, 0.717) is 0 Å². The van der Waals surface area contributed by atoms with Crippen molar-refractivity contribution in [2.45, 2.75) is 0 Å². The van der Waals surface area contributed by atoms with Crippen LogP contribution in [0.1, 0.15) is 0 Å². The van der Waals surface area contributed by atoms with Crippen molar-refractivity contribution >= 4 is 38.8 Å². The molecule has 9 aromatic rings.